The minimum absolute atomic E-state index is 0.0142. The second kappa shape index (κ2) is 10.1. The van der Waals surface area contributed by atoms with Crippen LogP contribution in [0.1, 0.15) is 45.1 Å². The molecule has 1 amide bonds. The zero-order chi connectivity index (χ0) is 26.3. The molecule has 3 atom stereocenters. The second-order valence-electron chi connectivity index (χ2n) is 10.1. The number of amides is 1. The molecule has 2 saturated heterocycles. The third-order valence-electron chi connectivity index (χ3n) is 6.83. The van der Waals surface area contributed by atoms with Gasteiger partial charge in [0.2, 0.25) is 5.88 Å². The third kappa shape index (κ3) is 5.35. The van der Waals surface area contributed by atoms with Crippen molar-refractivity contribution in [1.29, 1.82) is 0 Å². The van der Waals surface area contributed by atoms with Gasteiger partial charge in [0, 0.05) is 12.8 Å². The average molecular weight is 535 g/mol. The molecule has 1 aromatic heterocycles. The van der Waals surface area contributed by atoms with Gasteiger partial charge in [-0.15, -0.1) is 0 Å². The molecule has 2 aliphatic heterocycles. The zero-order valence-electron chi connectivity index (χ0n) is 21.0. The van der Waals surface area contributed by atoms with E-state index in [1.807, 2.05) is 13.8 Å². The van der Waals surface area contributed by atoms with Gasteiger partial charge in [0.05, 0.1) is 52.8 Å². The number of ether oxygens (including phenoxy) is 3. The van der Waals surface area contributed by atoms with E-state index in [1.165, 1.54) is 18.5 Å². The van der Waals surface area contributed by atoms with E-state index in [9.17, 15) is 17.6 Å². The molecule has 1 unspecified atom stereocenters. The lowest BCUT2D eigenvalue weighted by atomic mass is 9.92. The van der Waals surface area contributed by atoms with Crippen molar-refractivity contribution in [3.05, 3.63) is 35.9 Å². The number of carbonyl (C=O) groups is 1. The van der Waals surface area contributed by atoms with E-state index in [0.717, 1.165) is 6.07 Å². The number of nitrogens with zero attached hydrogens (tertiary/aromatic N) is 3. The first-order valence-corrected chi connectivity index (χ1v) is 14.0. The van der Waals surface area contributed by atoms with E-state index < -0.39 is 20.9 Å². The summed E-state index contributed by atoms with van der Waals surface area (Å²) in [4.78, 5) is 22.9. The van der Waals surface area contributed by atoms with Gasteiger partial charge < -0.3 is 19.5 Å². The van der Waals surface area contributed by atoms with Crippen molar-refractivity contribution in [3.8, 4) is 5.88 Å². The molecule has 2 bridgehead atoms. The number of rotatable bonds is 7. The van der Waals surface area contributed by atoms with Gasteiger partial charge in [0.15, 0.2) is 9.84 Å². The molecule has 1 aromatic carbocycles. The van der Waals surface area contributed by atoms with Crippen molar-refractivity contribution in [2.75, 3.05) is 18.5 Å². The molecule has 0 radical (unpaired) electrons. The minimum atomic E-state index is -3.49. The third-order valence-corrected chi connectivity index (χ3v) is 9.09. The van der Waals surface area contributed by atoms with E-state index in [1.54, 1.807) is 11.8 Å². The van der Waals surface area contributed by atoms with Crippen molar-refractivity contribution in [2.45, 2.75) is 80.9 Å². The van der Waals surface area contributed by atoms with Crippen molar-refractivity contribution in [1.82, 2.24) is 14.9 Å². The Kier molecular flexibility index (Phi) is 6.97. The summed E-state index contributed by atoms with van der Waals surface area (Å²) in [6, 6.07) is 3.53. The Balaban J connectivity index is 1.28. The molecule has 12 heteroatoms. The van der Waals surface area contributed by atoms with Crippen molar-refractivity contribution in [3.63, 3.8) is 0 Å². The molecule has 1 N–H and O–H groups in total. The summed E-state index contributed by atoms with van der Waals surface area (Å²) in [5, 5.41) is 2.52. The van der Waals surface area contributed by atoms with Gasteiger partial charge in [-0.3, -0.25) is 4.90 Å². The predicted molar refractivity (Wildman–Crippen MR) is 132 cm³/mol. The van der Waals surface area contributed by atoms with Crippen molar-refractivity contribution in [2.24, 2.45) is 0 Å². The van der Waals surface area contributed by atoms with Crippen LogP contribution in [0.2, 0.25) is 0 Å². The lowest BCUT2D eigenvalue weighted by molar-refractivity contribution is -0.0934. The number of piperidine rings is 1. The van der Waals surface area contributed by atoms with Crippen molar-refractivity contribution >= 4 is 27.4 Å². The number of benzene rings is 1. The largest absolute Gasteiger partial charge is 0.474 e. The zero-order valence-corrected chi connectivity index (χ0v) is 21.8. The second-order valence-corrected chi connectivity index (χ2v) is 12.3. The number of nitrogens with one attached hydrogen (secondary N) is 1. The van der Waals surface area contributed by atoms with Gasteiger partial charge in [0.1, 0.15) is 24.1 Å². The number of hydrogen-bond donors (Lipinski definition) is 1. The first kappa shape index (κ1) is 25.7. The number of hydrogen-bond acceptors (Lipinski definition) is 9. The summed E-state index contributed by atoms with van der Waals surface area (Å²) >= 11 is 0. The standard InChI is InChI=1S/C25H31FN4O6S/c1-14(2)35-25(31)30-16-8-18(9-17(30)12-34-11-16)36-24-15(3)23(27-13-28-24)29-22-7-6-20(10-21(22)26)37(32,33)19-4-5-19/h6-7,10,13-14,16-19H,4-5,8-9,11-12H2,1-3H3,(H,27,28,29)/t16-,17?,18+/m1/s1. The van der Waals surface area contributed by atoms with Gasteiger partial charge in [-0.25, -0.2) is 27.6 Å². The van der Waals surface area contributed by atoms with E-state index in [0.29, 0.717) is 56.2 Å². The van der Waals surface area contributed by atoms with E-state index in [-0.39, 0.29) is 41.0 Å². The van der Waals surface area contributed by atoms with Crippen LogP contribution in [0.4, 0.5) is 20.7 Å². The molecular formula is C25H31FN4O6S. The highest BCUT2D eigenvalue weighted by molar-refractivity contribution is 7.92. The Morgan fingerprint density at radius 3 is 2.51 bits per heavy atom. The Morgan fingerprint density at radius 1 is 1.19 bits per heavy atom. The summed E-state index contributed by atoms with van der Waals surface area (Å²) < 4.78 is 57.0. The normalized spacial score (nSPS) is 23.6. The van der Waals surface area contributed by atoms with Crippen LogP contribution in [-0.2, 0) is 19.3 Å². The molecule has 3 heterocycles. The maximum atomic E-state index is 14.8. The molecule has 3 fully saturated rings. The van der Waals surface area contributed by atoms with E-state index >= 15 is 0 Å². The molecule has 1 aliphatic carbocycles. The molecule has 37 heavy (non-hydrogen) atoms. The van der Waals surface area contributed by atoms with Gasteiger partial charge in [0.25, 0.3) is 0 Å². The van der Waals surface area contributed by atoms with Crippen LogP contribution >= 0.6 is 0 Å². The lowest BCUT2D eigenvalue weighted by Gasteiger charge is -2.47. The minimum Gasteiger partial charge on any atom is -0.474 e. The molecule has 200 valence electrons. The smallest absolute Gasteiger partial charge is 0.410 e. The molecule has 3 aliphatic rings. The Morgan fingerprint density at radius 2 is 1.89 bits per heavy atom. The van der Waals surface area contributed by atoms with Gasteiger partial charge in [-0.05, 0) is 51.8 Å². The van der Waals surface area contributed by atoms with Crippen LogP contribution in [0.5, 0.6) is 5.88 Å². The summed E-state index contributed by atoms with van der Waals surface area (Å²) in [5.74, 6) is 0.0203. The highest BCUT2D eigenvalue weighted by atomic mass is 32.2. The summed E-state index contributed by atoms with van der Waals surface area (Å²) in [7, 11) is -3.49. The summed E-state index contributed by atoms with van der Waals surface area (Å²) in [6.45, 7) is 6.22. The fourth-order valence-electron chi connectivity index (χ4n) is 4.83. The maximum Gasteiger partial charge on any atom is 0.410 e. The number of aromatic nitrogens is 2. The molecule has 2 aromatic rings. The van der Waals surface area contributed by atoms with Crippen LogP contribution in [0.3, 0.4) is 0 Å². The molecule has 1 saturated carbocycles. The fourth-order valence-corrected chi connectivity index (χ4v) is 6.50. The number of fused-ring (bicyclic) bond motifs is 2. The Labute approximate surface area is 215 Å². The first-order valence-electron chi connectivity index (χ1n) is 12.5. The van der Waals surface area contributed by atoms with Crippen molar-refractivity contribution < 1.29 is 31.8 Å². The van der Waals surface area contributed by atoms with Crippen LogP contribution in [0.15, 0.2) is 29.4 Å². The van der Waals surface area contributed by atoms with Gasteiger partial charge in [-0.1, -0.05) is 0 Å². The lowest BCUT2D eigenvalue weighted by Crippen LogP contribution is -2.61. The van der Waals surface area contributed by atoms with E-state index in [4.69, 9.17) is 14.2 Å². The number of halogens is 1. The Bertz CT molecular complexity index is 1270. The molecule has 5 rings (SSSR count). The van der Waals surface area contributed by atoms with Crippen LogP contribution < -0.4 is 10.1 Å². The predicted octanol–water partition coefficient (Wildman–Crippen LogP) is 3.76. The monoisotopic (exact) mass is 534 g/mol. The van der Waals surface area contributed by atoms with E-state index in [2.05, 4.69) is 15.3 Å². The number of anilines is 2. The molecular weight excluding hydrogens is 503 g/mol. The topological polar surface area (TPSA) is 120 Å². The SMILES string of the molecule is Cc1c(Nc2ccc(S(=O)(=O)C3CC3)cc2F)ncnc1O[C@@H]1CC2COC[C@@H](C1)N2C(=O)OC(C)C. The quantitative estimate of drug-likeness (QED) is 0.566. The number of carbonyl (C=O) groups excluding carboxylic acids is 1. The summed E-state index contributed by atoms with van der Waals surface area (Å²) in [6.07, 6.45) is 2.92. The fraction of sp³-hybridized carbons (Fsp3) is 0.560. The van der Waals surface area contributed by atoms with Gasteiger partial charge in [-0.2, -0.15) is 0 Å². The maximum absolute atomic E-state index is 14.8. The highest BCUT2D eigenvalue weighted by Crippen LogP contribution is 2.36. The average Bonchev–Trinajstić information content (AvgIpc) is 3.68. The molecule has 10 nitrogen and oxygen atoms in total. The van der Waals surface area contributed by atoms with Crippen LogP contribution in [-0.4, -0.2) is 72.1 Å². The molecule has 0 spiro atoms. The number of morpholine rings is 1. The van der Waals surface area contributed by atoms with Gasteiger partial charge >= 0.3 is 6.09 Å². The van der Waals surface area contributed by atoms with Crippen LogP contribution in [0, 0.1) is 12.7 Å². The number of sulfone groups is 1. The summed E-state index contributed by atoms with van der Waals surface area (Å²) in [5.41, 5.74) is 0.686. The Hall–Kier alpha value is -2.99. The highest BCUT2D eigenvalue weighted by Gasteiger charge is 2.44. The van der Waals surface area contributed by atoms with Crippen LogP contribution in [0.25, 0.3) is 0 Å². The first-order chi connectivity index (χ1) is 17.6.